The minimum absolute atomic E-state index is 0.583. The third kappa shape index (κ3) is 3.23. The van der Waals surface area contributed by atoms with Crippen LogP contribution in [-0.4, -0.2) is 38.5 Å². The second kappa shape index (κ2) is 6.02. The van der Waals surface area contributed by atoms with Crippen LogP contribution in [0.5, 0.6) is 0 Å². The van der Waals surface area contributed by atoms with Crippen LogP contribution in [0.15, 0.2) is 5.16 Å². The van der Waals surface area contributed by atoms with Gasteiger partial charge in [-0.05, 0) is 49.1 Å². The van der Waals surface area contributed by atoms with Gasteiger partial charge in [0.05, 0.1) is 6.04 Å². The van der Waals surface area contributed by atoms with E-state index in [0.29, 0.717) is 6.04 Å². The summed E-state index contributed by atoms with van der Waals surface area (Å²) in [6, 6.07) is 1.37. The third-order valence-corrected chi connectivity index (χ3v) is 4.72. The second-order valence-electron chi connectivity index (χ2n) is 5.27. The molecule has 3 rings (SSSR count). The number of tetrazole rings is 1. The lowest BCUT2D eigenvalue weighted by molar-refractivity contribution is 0.524. The Balaban J connectivity index is 1.32. The molecule has 0 radical (unpaired) electrons. The summed E-state index contributed by atoms with van der Waals surface area (Å²) in [5, 5.41) is 16.6. The van der Waals surface area contributed by atoms with Crippen LogP contribution in [0.3, 0.4) is 0 Å². The van der Waals surface area contributed by atoms with Crippen molar-refractivity contribution < 1.29 is 0 Å². The summed E-state index contributed by atoms with van der Waals surface area (Å²) in [5.41, 5.74) is 0. The Morgan fingerprint density at radius 2 is 2.06 bits per heavy atom. The van der Waals surface area contributed by atoms with Gasteiger partial charge in [0.1, 0.15) is 0 Å². The van der Waals surface area contributed by atoms with Crippen molar-refractivity contribution in [2.45, 2.75) is 62.2 Å². The highest BCUT2D eigenvalue weighted by Gasteiger charge is 2.27. The first-order valence-corrected chi connectivity index (χ1v) is 8.06. The molecule has 1 aromatic heterocycles. The van der Waals surface area contributed by atoms with Gasteiger partial charge in [-0.1, -0.05) is 24.6 Å². The zero-order valence-electron chi connectivity index (χ0n) is 10.7. The van der Waals surface area contributed by atoms with E-state index in [9.17, 15) is 0 Å². The molecule has 0 saturated heterocycles. The summed E-state index contributed by atoms with van der Waals surface area (Å²) in [5.74, 6) is 1.10. The summed E-state index contributed by atoms with van der Waals surface area (Å²) in [4.78, 5) is 0. The number of hydrogen-bond donors (Lipinski definition) is 1. The van der Waals surface area contributed by atoms with Gasteiger partial charge < -0.3 is 5.32 Å². The molecule has 1 N–H and O–H groups in total. The van der Waals surface area contributed by atoms with E-state index in [2.05, 4.69) is 20.8 Å². The maximum absolute atomic E-state index is 4.10. The number of nitrogens with zero attached hydrogens (tertiary/aromatic N) is 4. The Labute approximate surface area is 112 Å². The van der Waals surface area contributed by atoms with E-state index >= 15 is 0 Å². The monoisotopic (exact) mass is 267 g/mol. The molecule has 2 aliphatic rings. The SMILES string of the molecule is C(CNC1CCCC1)CSc1nnnn1C1CC1. The van der Waals surface area contributed by atoms with E-state index in [1.807, 2.05) is 4.68 Å². The van der Waals surface area contributed by atoms with Crippen LogP contribution in [0, 0.1) is 0 Å². The molecular formula is C12H21N5S. The Morgan fingerprint density at radius 1 is 1.22 bits per heavy atom. The van der Waals surface area contributed by atoms with Crippen molar-refractivity contribution in [1.29, 1.82) is 0 Å². The van der Waals surface area contributed by atoms with Gasteiger partial charge >= 0.3 is 0 Å². The molecule has 1 heterocycles. The van der Waals surface area contributed by atoms with Gasteiger partial charge in [-0.2, -0.15) is 0 Å². The smallest absolute Gasteiger partial charge is 0.209 e. The van der Waals surface area contributed by atoms with Gasteiger partial charge in [0.2, 0.25) is 5.16 Å². The number of nitrogens with one attached hydrogen (secondary N) is 1. The molecule has 18 heavy (non-hydrogen) atoms. The number of aromatic nitrogens is 4. The van der Waals surface area contributed by atoms with Crippen LogP contribution in [0.1, 0.15) is 51.0 Å². The molecule has 0 aliphatic heterocycles. The van der Waals surface area contributed by atoms with Crippen LogP contribution in [-0.2, 0) is 0 Å². The van der Waals surface area contributed by atoms with E-state index in [1.54, 1.807) is 11.8 Å². The summed E-state index contributed by atoms with van der Waals surface area (Å²) in [6.07, 6.45) is 9.22. The molecule has 0 aromatic carbocycles. The fraction of sp³-hybridized carbons (Fsp3) is 0.917. The van der Waals surface area contributed by atoms with Gasteiger partial charge in [-0.15, -0.1) is 5.10 Å². The Hall–Kier alpha value is -0.620. The van der Waals surface area contributed by atoms with Gasteiger partial charge in [0.15, 0.2) is 0 Å². The van der Waals surface area contributed by atoms with Gasteiger partial charge in [-0.25, -0.2) is 4.68 Å². The zero-order chi connectivity index (χ0) is 12.2. The topological polar surface area (TPSA) is 55.6 Å². The van der Waals surface area contributed by atoms with Crippen LogP contribution >= 0.6 is 11.8 Å². The molecule has 2 aliphatic carbocycles. The van der Waals surface area contributed by atoms with Gasteiger partial charge in [-0.3, -0.25) is 0 Å². The molecule has 1 aromatic rings. The van der Waals surface area contributed by atoms with Crippen molar-refractivity contribution in [2.24, 2.45) is 0 Å². The van der Waals surface area contributed by atoms with Crippen molar-refractivity contribution in [3.8, 4) is 0 Å². The summed E-state index contributed by atoms with van der Waals surface area (Å²) in [7, 11) is 0. The van der Waals surface area contributed by atoms with Crippen molar-refractivity contribution in [1.82, 2.24) is 25.5 Å². The number of thioether (sulfide) groups is 1. The standard InChI is InChI=1S/C12H21N5S/c1-2-5-10(4-1)13-8-3-9-18-12-14-15-16-17(12)11-6-7-11/h10-11,13H,1-9H2. The highest BCUT2D eigenvalue weighted by Crippen LogP contribution is 2.36. The average Bonchev–Trinajstić information content (AvgIpc) is 2.92. The molecule has 6 heteroatoms. The molecule has 2 saturated carbocycles. The number of hydrogen-bond acceptors (Lipinski definition) is 5. The van der Waals surface area contributed by atoms with E-state index in [0.717, 1.165) is 23.5 Å². The molecule has 0 spiro atoms. The van der Waals surface area contributed by atoms with Crippen molar-refractivity contribution >= 4 is 11.8 Å². The molecule has 0 atom stereocenters. The molecule has 0 unspecified atom stereocenters. The fourth-order valence-corrected chi connectivity index (χ4v) is 3.38. The molecule has 100 valence electrons. The zero-order valence-corrected chi connectivity index (χ0v) is 11.5. The Bertz CT molecular complexity index is 370. The maximum Gasteiger partial charge on any atom is 0.209 e. The molecule has 0 bridgehead atoms. The highest BCUT2D eigenvalue weighted by atomic mass is 32.2. The minimum atomic E-state index is 0.583. The van der Waals surface area contributed by atoms with Crippen LogP contribution in [0.4, 0.5) is 0 Å². The highest BCUT2D eigenvalue weighted by molar-refractivity contribution is 7.99. The van der Waals surface area contributed by atoms with E-state index in [4.69, 9.17) is 0 Å². The lowest BCUT2D eigenvalue weighted by atomic mass is 10.2. The largest absolute Gasteiger partial charge is 0.314 e. The minimum Gasteiger partial charge on any atom is -0.314 e. The molecule has 0 amide bonds. The van der Waals surface area contributed by atoms with Crippen LogP contribution < -0.4 is 5.32 Å². The first kappa shape index (κ1) is 12.4. The molecule has 5 nitrogen and oxygen atoms in total. The normalized spacial score (nSPS) is 20.7. The Morgan fingerprint density at radius 3 is 2.83 bits per heavy atom. The van der Waals surface area contributed by atoms with Crippen molar-refractivity contribution in [2.75, 3.05) is 12.3 Å². The van der Waals surface area contributed by atoms with Gasteiger partial charge in [0.25, 0.3) is 0 Å². The fourth-order valence-electron chi connectivity index (χ4n) is 2.50. The van der Waals surface area contributed by atoms with Crippen LogP contribution in [0.25, 0.3) is 0 Å². The first-order valence-electron chi connectivity index (χ1n) is 7.07. The average molecular weight is 267 g/mol. The van der Waals surface area contributed by atoms with Crippen molar-refractivity contribution in [3.63, 3.8) is 0 Å². The summed E-state index contributed by atoms with van der Waals surface area (Å²) < 4.78 is 2.00. The first-order chi connectivity index (χ1) is 8.93. The molecule has 2 fully saturated rings. The van der Waals surface area contributed by atoms with Crippen LogP contribution in [0.2, 0.25) is 0 Å². The van der Waals surface area contributed by atoms with E-state index < -0.39 is 0 Å². The number of rotatable bonds is 7. The second-order valence-corrected chi connectivity index (χ2v) is 6.34. The Kier molecular flexibility index (Phi) is 4.15. The lowest BCUT2D eigenvalue weighted by Crippen LogP contribution is -2.27. The van der Waals surface area contributed by atoms with E-state index in [-0.39, 0.29) is 0 Å². The summed E-state index contributed by atoms with van der Waals surface area (Å²) in [6.45, 7) is 1.13. The predicted molar refractivity (Wildman–Crippen MR) is 71.7 cm³/mol. The molecular weight excluding hydrogens is 246 g/mol. The lowest BCUT2D eigenvalue weighted by Gasteiger charge is -2.10. The van der Waals surface area contributed by atoms with E-state index in [1.165, 1.54) is 44.9 Å². The van der Waals surface area contributed by atoms with Crippen molar-refractivity contribution in [3.05, 3.63) is 0 Å². The van der Waals surface area contributed by atoms with Gasteiger partial charge in [0, 0.05) is 11.8 Å². The predicted octanol–water partition coefficient (Wildman–Crippen LogP) is 2.02. The quantitative estimate of drug-likeness (QED) is 0.605. The maximum atomic E-state index is 4.10. The summed E-state index contributed by atoms with van der Waals surface area (Å²) >= 11 is 1.79. The third-order valence-electron chi connectivity index (χ3n) is 3.70.